The van der Waals surface area contributed by atoms with Crippen LogP contribution < -0.4 is 14.8 Å². The van der Waals surface area contributed by atoms with Crippen LogP contribution in [0.5, 0.6) is 11.5 Å². The van der Waals surface area contributed by atoms with E-state index in [4.69, 9.17) is 18.6 Å². The van der Waals surface area contributed by atoms with Crippen LogP contribution >= 0.6 is 0 Å². The quantitative estimate of drug-likeness (QED) is 0.634. The Kier molecular flexibility index (Phi) is 6.88. The summed E-state index contributed by atoms with van der Waals surface area (Å²) in [4.78, 5) is 24.0. The van der Waals surface area contributed by atoms with E-state index in [2.05, 4.69) is 5.32 Å². The molecule has 0 radical (unpaired) electrons. The largest absolute Gasteiger partial charge is 0.493 e. The molecule has 10 nitrogen and oxygen atoms in total. The lowest BCUT2D eigenvalue weighted by atomic mass is 10.1. The van der Waals surface area contributed by atoms with Crippen molar-refractivity contribution in [1.82, 2.24) is 4.31 Å². The highest BCUT2D eigenvalue weighted by atomic mass is 32.2. The molecule has 0 aliphatic carbocycles. The zero-order valence-electron chi connectivity index (χ0n) is 16.6. The predicted octanol–water partition coefficient (Wildman–Crippen LogP) is 1.86. The Hall–Kier alpha value is -3.05. The summed E-state index contributed by atoms with van der Waals surface area (Å²) in [5, 5.41) is 2.27. The van der Waals surface area contributed by atoms with Crippen LogP contribution in [0.4, 0.5) is 5.69 Å². The predicted molar refractivity (Wildman–Crippen MR) is 103 cm³/mol. The van der Waals surface area contributed by atoms with Gasteiger partial charge in [0.05, 0.1) is 25.5 Å². The molecule has 0 aliphatic rings. The molecule has 2 aromatic rings. The maximum atomic E-state index is 12.6. The third-order valence-corrected chi connectivity index (χ3v) is 5.46. The number of esters is 1. The Morgan fingerprint density at radius 2 is 1.72 bits per heavy atom. The summed E-state index contributed by atoms with van der Waals surface area (Å²) in [5.74, 6) is -0.442. The van der Waals surface area contributed by atoms with Gasteiger partial charge in [0.25, 0.3) is 10.0 Å². The van der Waals surface area contributed by atoms with Crippen molar-refractivity contribution in [3.63, 3.8) is 0 Å². The molecule has 0 spiro atoms. The Labute approximate surface area is 168 Å². The number of methoxy groups -OCH3 is 2. The van der Waals surface area contributed by atoms with E-state index < -0.39 is 21.9 Å². The molecule has 0 aliphatic heterocycles. The fourth-order valence-electron chi connectivity index (χ4n) is 2.31. The lowest BCUT2D eigenvalue weighted by molar-refractivity contribution is -0.114. The number of sulfonamides is 1. The van der Waals surface area contributed by atoms with Gasteiger partial charge in [0.2, 0.25) is 11.0 Å². The van der Waals surface area contributed by atoms with Crippen molar-refractivity contribution in [2.75, 3.05) is 33.6 Å². The fourth-order valence-corrected chi connectivity index (χ4v) is 3.12. The number of ether oxygens (including phenoxy) is 3. The normalized spacial score (nSPS) is 11.2. The van der Waals surface area contributed by atoms with E-state index in [-0.39, 0.29) is 34.5 Å². The summed E-state index contributed by atoms with van der Waals surface area (Å²) in [5.41, 5.74) is 0.209. The third kappa shape index (κ3) is 5.06. The minimum absolute atomic E-state index is 0.0329. The molecule has 0 saturated carbocycles. The first-order valence-corrected chi connectivity index (χ1v) is 9.76. The van der Waals surface area contributed by atoms with Crippen molar-refractivity contribution >= 4 is 27.6 Å². The summed E-state index contributed by atoms with van der Waals surface area (Å²) < 4.78 is 45.9. The van der Waals surface area contributed by atoms with Crippen LogP contribution in [0.3, 0.4) is 0 Å². The second kappa shape index (κ2) is 8.97. The zero-order chi connectivity index (χ0) is 21.8. The van der Waals surface area contributed by atoms with Crippen molar-refractivity contribution in [3.8, 4) is 11.5 Å². The topological polar surface area (TPSA) is 124 Å². The molecule has 158 valence electrons. The fraction of sp³-hybridized carbons (Fsp3) is 0.333. The lowest BCUT2D eigenvalue weighted by Crippen LogP contribution is -2.21. The average Bonchev–Trinajstić information content (AvgIpc) is 3.15. The lowest BCUT2D eigenvalue weighted by Gasteiger charge is -2.14. The molecule has 1 aromatic carbocycles. The van der Waals surface area contributed by atoms with Gasteiger partial charge in [0, 0.05) is 33.2 Å². The van der Waals surface area contributed by atoms with Gasteiger partial charge in [-0.3, -0.25) is 4.79 Å². The summed E-state index contributed by atoms with van der Waals surface area (Å²) in [6, 6.07) is 5.48. The van der Waals surface area contributed by atoms with E-state index in [0.29, 0.717) is 5.75 Å². The summed E-state index contributed by atoms with van der Waals surface area (Å²) in [6.45, 7) is 0.983. The van der Waals surface area contributed by atoms with E-state index in [1.807, 2.05) is 0 Å². The van der Waals surface area contributed by atoms with Gasteiger partial charge >= 0.3 is 5.97 Å². The maximum absolute atomic E-state index is 12.6. The minimum Gasteiger partial charge on any atom is -0.493 e. The second-order valence-electron chi connectivity index (χ2n) is 6.02. The standard InChI is InChI=1S/C18H22N2O8S/c1-11(21)19-14-9-16(26-5)15(25-4)8-13(14)18(22)27-10-12-6-7-17(28-12)29(23,24)20(2)3/h6-9H,10H2,1-5H3,(H,19,21). The van der Waals surface area contributed by atoms with Gasteiger partial charge in [0.15, 0.2) is 11.5 Å². The second-order valence-corrected chi connectivity index (χ2v) is 8.10. The maximum Gasteiger partial charge on any atom is 0.340 e. The van der Waals surface area contributed by atoms with Crippen LogP contribution in [0.15, 0.2) is 33.8 Å². The Balaban J connectivity index is 2.24. The van der Waals surface area contributed by atoms with E-state index in [9.17, 15) is 18.0 Å². The van der Waals surface area contributed by atoms with Crippen molar-refractivity contribution in [2.24, 2.45) is 0 Å². The molecule has 0 unspecified atom stereocenters. The molecular formula is C18H22N2O8S. The summed E-state index contributed by atoms with van der Waals surface area (Å²) in [6.07, 6.45) is 0. The Morgan fingerprint density at radius 3 is 2.28 bits per heavy atom. The SMILES string of the molecule is COc1cc(NC(C)=O)c(C(=O)OCc2ccc(S(=O)(=O)N(C)C)o2)cc1OC. The minimum atomic E-state index is -3.74. The zero-order valence-corrected chi connectivity index (χ0v) is 17.5. The third-order valence-electron chi connectivity index (χ3n) is 3.77. The number of furan rings is 1. The molecule has 1 aromatic heterocycles. The Bertz CT molecular complexity index is 1010. The van der Waals surface area contributed by atoms with Gasteiger partial charge in [0.1, 0.15) is 12.4 Å². The number of carbonyl (C=O) groups is 2. The highest BCUT2D eigenvalue weighted by molar-refractivity contribution is 7.88. The van der Waals surface area contributed by atoms with Crippen molar-refractivity contribution in [1.29, 1.82) is 0 Å². The summed E-state index contributed by atoms with van der Waals surface area (Å²) >= 11 is 0. The molecule has 11 heteroatoms. The van der Waals surface area contributed by atoms with Crippen LogP contribution in [-0.2, 0) is 26.2 Å². The molecule has 1 heterocycles. The number of nitrogens with zero attached hydrogens (tertiary/aromatic N) is 1. The number of rotatable bonds is 8. The molecule has 1 amide bonds. The number of nitrogens with one attached hydrogen (secondary N) is 1. The Morgan fingerprint density at radius 1 is 1.10 bits per heavy atom. The first-order chi connectivity index (χ1) is 13.6. The number of benzene rings is 1. The van der Waals surface area contributed by atoms with Crippen molar-refractivity contribution in [3.05, 3.63) is 35.6 Å². The number of anilines is 1. The van der Waals surface area contributed by atoms with Gasteiger partial charge in [-0.05, 0) is 12.1 Å². The first-order valence-electron chi connectivity index (χ1n) is 8.32. The molecule has 0 bridgehead atoms. The molecule has 1 N–H and O–H groups in total. The van der Waals surface area contributed by atoms with Crippen LogP contribution in [-0.4, -0.2) is 52.9 Å². The van der Waals surface area contributed by atoms with Gasteiger partial charge in [-0.25, -0.2) is 17.5 Å². The molecule has 0 fully saturated rings. The van der Waals surface area contributed by atoms with Crippen LogP contribution in [0.25, 0.3) is 0 Å². The highest BCUT2D eigenvalue weighted by Crippen LogP contribution is 2.34. The monoisotopic (exact) mass is 426 g/mol. The van der Waals surface area contributed by atoms with Gasteiger partial charge in [-0.1, -0.05) is 0 Å². The van der Waals surface area contributed by atoms with Gasteiger partial charge in [-0.2, -0.15) is 0 Å². The van der Waals surface area contributed by atoms with Crippen molar-refractivity contribution in [2.45, 2.75) is 18.6 Å². The number of hydrogen-bond donors (Lipinski definition) is 1. The van der Waals surface area contributed by atoms with Crippen LogP contribution in [0.1, 0.15) is 23.0 Å². The first kappa shape index (κ1) is 22.2. The average molecular weight is 426 g/mol. The van der Waals surface area contributed by atoms with Crippen molar-refractivity contribution < 1.29 is 36.6 Å². The number of hydrogen-bond acceptors (Lipinski definition) is 8. The highest BCUT2D eigenvalue weighted by Gasteiger charge is 2.23. The molecule has 0 atom stereocenters. The van der Waals surface area contributed by atoms with E-state index >= 15 is 0 Å². The van der Waals surface area contributed by atoms with E-state index in [1.54, 1.807) is 0 Å². The smallest absolute Gasteiger partial charge is 0.340 e. The number of amides is 1. The molecular weight excluding hydrogens is 404 g/mol. The van der Waals surface area contributed by atoms with E-state index in [1.165, 1.54) is 59.5 Å². The molecule has 2 rings (SSSR count). The molecule has 29 heavy (non-hydrogen) atoms. The van der Waals surface area contributed by atoms with Crippen LogP contribution in [0.2, 0.25) is 0 Å². The summed E-state index contributed by atoms with van der Waals surface area (Å²) in [7, 11) is 1.83. The number of carbonyl (C=O) groups excluding carboxylic acids is 2. The van der Waals surface area contributed by atoms with E-state index in [0.717, 1.165) is 4.31 Å². The molecule has 0 saturated heterocycles. The van der Waals surface area contributed by atoms with Gasteiger partial charge < -0.3 is 23.9 Å². The van der Waals surface area contributed by atoms with Gasteiger partial charge in [-0.15, -0.1) is 0 Å². The van der Waals surface area contributed by atoms with Crippen LogP contribution in [0, 0.1) is 0 Å².